The zero-order chi connectivity index (χ0) is 12.5. The Bertz CT molecular complexity index is 424. The zero-order valence-electron chi connectivity index (χ0n) is 9.10. The minimum atomic E-state index is -0.108. The summed E-state index contributed by atoms with van der Waals surface area (Å²) in [5, 5.41) is 14.2. The monoisotopic (exact) mass is 268 g/mol. The van der Waals surface area contributed by atoms with Crippen molar-refractivity contribution in [1.29, 1.82) is 0 Å². The van der Waals surface area contributed by atoms with Gasteiger partial charge in [0.2, 0.25) is 11.0 Å². The third kappa shape index (κ3) is 5.38. The van der Waals surface area contributed by atoms with Crippen molar-refractivity contribution in [3.05, 3.63) is 12.7 Å². The van der Waals surface area contributed by atoms with E-state index in [2.05, 4.69) is 33.3 Å². The van der Waals surface area contributed by atoms with Crippen LogP contribution in [0.2, 0.25) is 0 Å². The van der Waals surface area contributed by atoms with Gasteiger partial charge in [0.05, 0.1) is 12.3 Å². The molecule has 0 saturated carbocycles. The number of rotatable bonds is 7. The highest BCUT2D eigenvalue weighted by atomic mass is 32.2. The fourth-order valence-corrected chi connectivity index (χ4v) is 2.42. The molecule has 0 fully saturated rings. The number of carbonyl (C=O) groups is 1. The van der Waals surface area contributed by atoms with Crippen molar-refractivity contribution in [2.45, 2.75) is 4.34 Å². The Hall–Kier alpha value is -1.52. The number of carbonyl (C=O) groups excluding carboxylic acids is 1. The van der Waals surface area contributed by atoms with Crippen LogP contribution in [0.5, 0.6) is 0 Å². The molecule has 0 atom stereocenters. The fraction of sp³-hybridized carbons (Fsp3) is 0.300. The molecular weight excluding hydrogens is 256 g/mol. The summed E-state index contributed by atoms with van der Waals surface area (Å²) in [5.74, 6) is 2.52. The summed E-state index contributed by atoms with van der Waals surface area (Å²) in [7, 11) is 0. The lowest BCUT2D eigenvalue weighted by atomic mass is 10.6. The van der Waals surface area contributed by atoms with Crippen LogP contribution in [0.1, 0.15) is 0 Å². The average Bonchev–Trinajstić information content (AvgIpc) is 2.79. The van der Waals surface area contributed by atoms with E-state index < -0.39 is 0 Å². The van der Waals surface area contributed by atoms with Crippen LogP contribution >= 0.6 is 23.1 Å². The summed E-state index contributed by atoms with van der Waals surface area (Å²) in [4.78, 5) is 11.3. The number of anilines is 1. The molecule has 1 rings (SSSR count). The smallest absolute Gasteiger partial charge is 0.231 e. The number of nitrogens with one attached hydrogen (secondary N) is 2. The van der Waals surface area contributed by atoms with Crippen LogP contribution < -0.4 is 10.6 Å². The Morgan fingerprint density at radius 3 is 3.18 bits per heavy atom. The molecule has 0 saturated heterocycles. The summed E-state index contributed by atoms with van der Waals surface area (Å²) < 4.78 is 0.743. The molecule has 0 spiro atoms. The third-order valence-corrected chi connectivity index (χ3v) is 3.53. The summed E-state index contributed by atoms with van der Waals surface area (Å²) in [6.45, 7) is 4.48. The maximum Gasteiger partial charge on any atom is 0.231 e. The van der Waals surface area contributed by atoms with Gasteiger partial charge in [0.15, 0.2) is 4.34 Å². The Kier molecular flexibility index (Phi) is 6.14. The zero-order valence-corrected chi connectivity index (χ0v) is 10.7. The predicted molar refractivity (Wildman–Crippen MR) is 71.2 cm³/mol. The van der Waals surface area contributed by atoms with Gasteiger partial charge < -0.3 is 10.6 Å². The standard InChI is InChI=1S/C10H12N4OS2/c1-3-5-11-8(15)7-16-10-14-13-9(17-10)12-6-4-2/h1,4H,2,5-7H2,(H,11,15)(H,12,13). The van der Waals surface area contributed by atoms with Gasteiger partial charge in [-0.25, -0.2) is 0 Å². The van der Waals surface area contributed by atoms with E-state index in [-0.39, 0.29) is 18.2 Å². The summed E-state index contributed by atoms with van der Waals surface area (Å²) in [5.41, 5.74) is 0. The highest BCUT2D eigenvalue weighted by Gasteiger charge is 2.06. The molecule has 0 aliphatic carbocycles. The van der Waals surface area contributed by atoms with E-state index in [1.165, 1.54) is 23.1 Å². The quantitative estimate of drug-likeness (QED) is 0.438. The maximum atomic E-state index is 11.3. The van der Waals surface area contributed by atoms with Crippen molar-refractivity contribution < 1.29 is 4.79 Å². The second-order valence-corrected chi connectivity index (χ2v) is 5.01. The van der Waals surface area contributed by atoms with E-state index in [1.54, 1.807) is 6.08 Å². The Morgan fingerprint density at radius 2 is 2.47 bits per heavy atom. The first-order chi connectivity index (χ1) is 8.26. The van der Waals surface area contributed by atoms with Crippen LogP contribution in [-0.2, 0) is 4.79 Å². The van der Waals surface area contributed by atoms with Crippen LogP contribution in [-0.4, -0.2) is 34.9 Å². The lowest BCUT2D eigenvalue weighted by molar-refractivity contribution is -0.118. The van der Waals surface area contributed by atoms with E-state index in [0.717, 1.165) is 9.47 Å². The SMILES string of the molecule is C#CCNC(=O)CSc1nnc(NCC=C)s1. The van der Waals surface area contributed by atoms with Gasteiger partial charge in [-0.05, 0) is 0 Å². The molecule has 7 heteroatoms. The van der Waals surface area contributed by atoms with Crippen molar-refractivity contribution in [3.63, 3.8) is 0 Å². The highest BCUT2D eigenvalue weighted by molar-refractivity contribution is 8.01. The topological polar surface area (TPSA) is 66.9 Å². The average molecular weight is 268 g/mol. The fourth-order valence-electron chi connectivity index (χ4n) is 0.827. The summed E-state index contributed by atoms with van der Waals surface area (Å²) >= 11 is 2.73. The van der Waals surface area contributed by atoms with E-state index in [9.17, 15) is 4.79 Å². The van der Waals surface area contributed by atoms with Gasteiger partial charge in [-0.1, -0.05) is 35.1 Å². The van der Waals surface area contributed by atoms with Crippen LogP contribution in [0.4, 0.5) is 5.13 Å². The predicted octanol–water partition coefficient (Wildman–Crippen LogP) is 0.977. The summed E-state index contributed by atoms with van der Waals surface area (Å²) in [6, 6.07) is 0. The maximum absolute atomic E-state index is 11.3. The van der Waals surface area contributed by atoms with E-state index >= 15 is 0 Å². The highest BCUT2D eigenvalue weighted by Crippen LogP contribution is 2.24. The number of terminal acetylenes is 1. The molecule has 17 heavy (non-hydrogen) atoms. The molecule has 0 bridgehead atoms. The van der Waals surface area contributed by atoms with Gasteiger partial charge >= 0.3 is 0 Å². The van der Waals surface area contributed by atoms with Gasteiger partial charge in [0, 0.05) is 6.54 Å². The molecular formula is C10H12N4OS2. The first-order valence-corrected chi connectivity index (χ1v) is 6.57. The number of nitrogens with zero attached hydrogens (tertiary/aromatic N) is 2. The van der Waals surface area contributed by atoms with E-state index in [4.69, 9.17) is 6.42 Å². The molecule has 0 aliphatic rings. The molecule has 5 nitrogen and oxygen atoms in total. The number of aromatic nitrogens is 2. The molecule has 1 aromatic heterocycles. The van der Waals surface area contributed by atoms with Crippen LogP contribution in [0.25, 0.3) is 0 Å². The van der Waals surface area contributed by atoms with E-state index in [0.29, 0.717) is 6.54 Å². The molecule has 0 radical (unpaired) electrons. The van der Waals surface area contributed by atoms with Crippen molar-refractivity contribution in [1.82, 2.24) is 15.5 Å². The van der Waals surface area contributed by atoms with Crippen molar-refractivity contribution in [3.8, 4) is 12.3 Å². The van der Waals surface area contributed by atoms with Crippen LogP contribution in [0.3, 0.4) is 0 Å². The molecule has 0 unspecified atom stereocenters. The Morgan fingerprint density at radius 1 is 1.65 bits per heavy atom. The van der Waals surface area contributed by atoms with Crippen molar-refractivity contribution in [2.75, 3.05) is 24.2 Å². The van der Waals surface area contributed by atoms with E-state index in [1.807, 2.05) is 0 Å². The number of hydrogen-bond donors (Lipinski definition) is 2. The second kappa shape index (κ2) is 7.70. The van der Waals surface area contributed by atoms with Gasteiger partial charge in [-0.15, -0.1) is 23.2 Å². The molecule has 0 aromatic carbocycles. The van der Waals surface area contributed by atoms with Crippen molar-refractivity contribution >= 4 is 34.1 Å². The van der Waals surface area contributed by atoms with Crippen LogP contribution in [0.15, 0.2) is 17.0 Å². The van der Waals surface area contributed by atoms with Crippen LogP contribution in [0, 0.1) is 12.3 Å². The van der Waals surface area contributed by atoms with Crippen molar-refractivity contribution in [2.24, 2.45) is 0 Å². The lowest BCUT2D eigenvalue weighted by Gasteiger charge is -1.98. The normalized spacial score (nSPS) is 9.35. The molecule has 1 amide bonds. The van der Waals surface area contributed by atoms with Gasteiger partial charge in [0.1, 0.15) is 0 Å². The molecule has 1 heterocycles. The second-order valence-electron chi connectivity index (χ2n) is 2.81. The van der Waals surface area contributed by atoms with Gasteiger partial charge in [0.25, 0.3) is 0 Å². The minimum absolute atomic E-state index is 0.108. The first-order valence-electron chi connectivity index (χ1n) is 4.77. The van der Waals surface area contributed by atoms with Gasteiger partial charge in [-0.3, -0.25) is 4.79 Å². The molecule has 2 N–H and O–H groups in total. The largest absolute Gasteiger partial charge is 0.357 e. The molecule has 0 aliphatic heterocycles. The lowest BCUT2D eigenvalue weighted by Crippen LogP contribution is -2.25. The third-order valence-electron chi connectivity index (χ3n) is 1.52. The number of amides is 1. The van der Waals surface area contributed by atoms with Gasteiger partial charge in [-0.2, -0.15) is 0 Å². The summed E-state index contributed by atoms with van der Waals surface area (Å²) in [6.07, 6.45) is 6.76. The molecule has 90 valence electrons. The Labute approximate surface area is 108 Å². The molecule has 1 aromatic rings. The Balaban J connectivity index is 2.32. The number of thioether (sulfide) groups is 1. The minimum Gasteiger partial charge on any atom is -0.357 e. The number of hydrogen-bond acceptors (Lipinski definition) is 6. The first kappa shape index (κ1) is 13.5.